The second-order valence-corrected chi connectivity index (χ2v) is 4.18. The van der Waals surface area contributed by atoms with Gasteiger partial charge in [-0.1, -0.05) is 13.3 Å². The molecule has 4 heteroatoms. The summed E-state index contributed by atoms with van der Waals surface area (Å²) >= 11 is 0. The van der Waals surface area contributed by atoms with Crippen molar-refractivity contribution < 1.29 is 14.6 Å². The molecular weight excluding hydrogens is 170 g/mol. The van der Waals surface area contributed by atoms with E-state index in [0.29, 0.717) is 6.42 Å². The van der Waals surface area contributed by atoms with Gasteiger partial charge in [-0.2, -0.15) is 0 Å². The fourth-order valence-electron chi connectivity index (χ4n) is 0.850. The van der Waals surface area contributed by atoms with E-state index < -0.39 is 17.3 Å². The zero-order valence-corrected chi connectivity index (χ0v) is 8.76. The molecule has 0 aliphatic heterocycles. The molecule has 0 aromatic rings. The van der Waals surface area contributed by atoms with Crippen molar-refractivity contribution in [1.82, 2.24) is 0 Å². The number of carbonyl (C=O) groups is 1. The lowest BCUT2D eigenvalue weighted by Crippen LogP contribution is -2.50. The fraction of sp³-hybridized carbons (Fsp3) is 0.889. The van der Waals surface area contributed by atoms with Crippen LogP contribution in [0.25, 0.3) is 0 Å². The van der Waals surface area contributed by atoms with E-state index in [4.69, 9.17) is 10.5 Å². The molecule has 0 bridgehead atoms. The highest BCUT2D eigenvalue weighted by Crippen LogP contribution is 2.14. The number of ether oxygens (including phenoxy) is 1. The molecule has 0 aromatic heterocycles. The Morgan fingerprint density at radius 2 is 1.92 bits per heavy atom. The molecule has 0 rings (SSSR count). The largest absolute Gasteiger partial charge is 0.457 e. The van der Waals surface area contributed by atoms with E-state index >= 15 is 0 Å². The molecule has 0 unspecified atom stereocenters. The molecule has 4 nitrogen and oxygen atoms in total. The lowest BCUT2D eigenvalue weighted by molar-refractivity contribution is -0.177. The highest BCUT2D eigenvalue weighted by molar-refractivity contribution is 5.78. The van der Waals surface area contributed by atoms with Crippen LogP contribution in [0, 0.1) is 0 Å². The minimum Gasteiger partial charge on any atom is -0.457 e. The predicted molar refractivity (Wildman–Crippen MR) is 49.9 cm³/mol. The van der Waals surface area contributed by atoms with Crippen LogP contribution in [0.4, 0.5) is 0 Å². The monoisotopic (exact) mass is 189 g/mol. The van der Waals surface area contributed by atoms with Gasteiger partial charge in [0, 0.05) is 6.42 Å². The first kappa shape index (κ1) is 12.4. The minimum absolute atomic E-state index is 0.210. The summed E-state index contributed by atoms with van der Waals surface area (Å²) in [5, 5.41) is 9.45. The van der Waals surface area contributed by atoms with Gasteiger partial charge < -0.3 is 9.84 Å². The molecule has 0 saturated heterocycles. The van der Waals surface area contributed by atoms with Gasteiger partial charge in [-0.3, -0.25) is 5.73 Å². The summed E-state index contributed by atoms with van der Waals surface area (Å²) in [6.45, 7) is 7.02. The van der Waals surface area contributed by atoms with Crippen LogP contribution in [0.3, 0.4) is 0 Å². The van der Waals surface area contributed by atoms with E-state index in [0.717, 1.165) is 0 Å². The standard InChI is InChI=1S/C9H19NO3/c1-5-6-9(10,12)7(11)13-8(2,3)4/h12H,5-6,10H2,1-4H3/t9-/m0/s1. The molecule has 78 valence electrons. The summed E-state index contributed by atoms with van der Waals surface area (Å²) in [5.41, 5.74) is 2.90. The molecule has 0 saturated carbocycles. The van der Waals surface area contributed by atoms with Gasteiger partial charge in [0.05, 0.1) is 0 Å². The summed E-state index contributed by atoms with van der Waals surface area (Å²) in [6, 6.07) is 0. The lowest BCUT2D eigenvalue weighted by atomic mass is 10.1. The van der Waals surface area contributed by atoms with Crippen molar-refractivity contribution in [3.05, 3.63) is 0 Å². The van der Waals surface area contributed by atoms with Gasteiger partial charge in [-0.15, -0.1) is 0 Å². The first-order valence-corrected chi connectivity index (χ1v) is 4.44. The van der Waals surface area contributed by atoms with Gasteiger partial charge in [0.1, 0.15) is 5.60 Å². The molecule has 0 aromatic carbocycles. The zero-order chi connectivity index (χ0) is 10.7. The second kappa shape index (κ2) is 4.07. The molecule has 0 radical (unpaired) electrons. The highest BCUT2D eigenvalue weighted by atomic mass is 16.6. The quantitative estimate of drug-likeness (QED) is 0.508. The molecule has 0 aliphatic carbocycles. The Labute approximate surface area is 79.1 Å². The molecular formula is C9H19NO3. The van der Waals surface area contributed by atoms with Crippen molar-refractivity contribution in [3.63, 3.8) is 0 Å². The molecule has 0 spiro atoms. The maximum atomic E-state index is 11.3. The minimum atomic E-state index is -1.85. The smallest absolute Gasteiger partial charge is 0.353 e. The lowest BCUT2D eigenvalue weighted by Gasteiger charge is -2.26. The predicted octanol–water partition coefficient (Wildman–Crippen LogP) is 0.775. The van der Waals surface area contributed by atoms with Crippen LogP contribution in [0.2, 0.25) is 0 Å². The molecule has 1 atom stereocenters. The molecule has 0 fully saturated rings. The maximum Gasteiger partial charge on any atom is 0.353 e. The Balaban J connectivity index is 4.25. The summed E-state index contributed by atoms with van der Waals surface area (Å²) in [5.74, 6) is -0.762. The summed E-state index contributed by atoms with van der Waals surface area (Å²) in [4.78, 5) is 11.3. The number of nitrogens with two attached hydrogens (primary N) is 1. The van der Waals surface area contributed by atoms with E-state index in [2.05, 4.69) is 0 Å². The van der Waals surface area contributed by atoms with Crippen LogP contribution in [0.5, 0.6) is 0 Å². The van der Waals surface area contributed by atoms with E-state index in [-0.39, 0.29) is 6.42 Å². The second-order valence-electron chi connectivity index (χ2n) is 4.18. The fourth-order valence-corrected chi connectivity index (χ4v) is 0.850. The summed E-state index contributed by atoms with van der Waals surface area (Å²) < 4.78 is 4.94. The van der Waals surface area contributed by atoms with Crippen molar-refractivity contribution in [2.45, 2.75) is 51.9 Å². The Kier molecular flexibility index (Phi) is 3.88. The number of carbonyl (C=O) groups excluding carboxylic acids is 1. The molecule has 0 heterocycles. The first-order chi connectivity index (χ1) is 5.69. The Hall–Kier alpha value is -0.610. The molecule has 0 amide bonds. The van der Waals surface area contributed by atoms with Crippen molar-refractivity contribution in [3.8, 4) is 0 Å². The third-order valence-corrected chi connectivity index (χ3v) is 1.38. The van der Waals surface area contributed by atoms with Crippen molar-refractivity contribution in [1.29, 1.82) is 0 Å². The van der Waals surface area contributed by atoms with E-state index in [9.17, 15) is 9.90 Å². The van der Waals surface area contributed by atoms with E-state index in [1.807, 2.05) is 6.92 Å². The number of hydrogen-bond donors (Lipinski definition) is 2. The number of esters is 1. The van der Waals surface area contributed by atoms with Crippen LogP contribution < -0.4 is 5.73 Å². The van der Waals surface area contributed by atoms with E-state index in [1.165, 1.54) is 0 Å². The third-order valence-electron chi connectivity index (χ3n) is 1.38. The van der Waals surface area contributed by atoms with Gasteiger partial charge >= 0.3 is 5.97 Å². The van der Waals surface area contributed by atoms with E-state index in [1.54, 1.807) is 20.8 Å². The van der Waals surface area contributed by atoms with Crippen molar-refractivity contribution in [2.24, 2.45) is 5.73 Å². The highest BCUT2D eigenvalue weighted by Gasteiger charge is 2.34. The molecule has 3 N–H and O–H groups in total. The Morgan fingerprint density at radius 1 is 1.46 bits per heavy atom. The van der Waals surface area contributed by atoms with Crippen molar-refractivity contribution >= 4 is 5.97 Å². The van der Waals surface area contributed by atoms with Crippen LogP contribution >= 0.6 is 0 Å². The van der Waals surface area contributed by atoms with Gasteiger partial charge in [-0.25, -0.2) is 4.79 Å². The first-order valence-electron chi connectivity index (χ1n) is 4.44. The average Bonchev–Trinajstić information content (AvgIpc) is 1.82. The summed E-state index contributed by atoms with van der Waals surface area (Å²) in [7, 11) is 0. The normalized spacial score (nSPS) is 16.5. The number of hydrogen-bond acceptors (Lipinski definition) is 4. The number of rotatable bonds is 3. The van der Waals surface area contributed by atoms with Gasteiger partial charge in [0.15, 0.2) is 0 Å². The van der Waals surface area contributed by atoms with Crippen LogP contribution in [0.15, 0.2) is 0 Å². The third kappa shape index (κ3) is 4.85. The van der Waals surface area contributed by atoms with Gasteiger partial charge in [-0.05, 0) is 20.8 Å². The Bertz CT molecular complexity index is 182. The zero-order valence-electron chi connectivity index (χ0n) is 8.76. The topological polar surface area (TPSA) is 72.5 Å². The van der Waals surface area contributed by atoms with Crippen LogP contribution in [-0.2, 0) is 9.53 Å². The van der Waals surface area contributed by atoms with Crippen LogP contribution in [0.1, 0.15) is 40.5 Å². The Morgan fingerprint density at radius 3 is 2.23 bits per heavy atom. The van der Waals surface area contributed by atoms with Gasteiger partial charge in [0.25, 0.3) is 0 Å². The SMILES string of the molecule is CCC[C@](N)(O)C(=O)OC(C)(C)C. The number of aliphatic hydroxyl groups is 1. The molecule has 13 heavy (non-hydrogen) atoms. The van der Waals surface area contributed by atoms with Gasteiger partial charge in [0.2, 0.25) is 5.72 Å². The van der Waals surface area contributed by atoms with Crippen LogP contribution in [-0.4, -0.2) is 22.4 Å². The summed E-state index contributed by atoms with van der Waals surface area (Å²) in [6.07, 6.45) is 0.841. The molecule has 0 aliphatic rings. The average molecular weight is 189 g/mol. The maximum absolute atomic E-state index is 11.3. The van der Waals surface area contributed by atoms with Crippen molar-refractivity contribution in [2.75, 3.05) is 0 Å².